The molecule has 3 rings (SSSR count). The van der Waals surface area contributed by atoms with Crippen LogP contribution in [0.2, 0.25) is 5.02 Å². The van der Waals surface area contributed by atoms with E-state index in [0.717, 1.165) is 12.8 Å². The lowest BCUT2D eigenvalue weighted by Gasteiger charge is -2.20. The molecule has 1 aromatic heterocycles. The number of carbonyl (C=O) groups is 1. The van der Waals surface area contributed by atoms with E-state index in [0.29, 0.717) is 23.7 Å². The molecule has 10 heteroatoms. The number of nitrogens with one attached hydrogen (secondary N) is 1. The average molecular weight is 463 g/mol. The average Bonchev–Trinajstić information content (AvgIpc) is 3.23. The number of sulfonamides is 1. The van der Waals surface area contributed by atoms with Crippen LogP contribution in [0.15, 0.2) is 57.8 Å². The van der Waals surface area contributed by atoms with E-state index in [9.17, 15) is 13.2 Å². The van der Waals surface area contributed by atoms with Crippen molar-refractivity contribution in [2.24, 2.45) is 0 Å². The predicted octanol–water partition coefficient (Wildman–Crippen LogP) is 4.45. The summed E-state index contributed by atoms with van der Waals surface area (Å²) in [7, 11) is -3.61. The zero-order valence-corrected chi connectivity index (χ0v) is 18.8. The van der Waals surface area contributed by atoms with Crippen LogP contribution in [0.1, 0.15) is 37.0 Å². The summed E-state index contributed by atoms with van der Waals surface area (Å²) in [6, 6.07) is 12.6. The quantitative estimate of drug-likeness (QED) is 0.503. The summed E-state index contributed by atoms with van der Waals surface area (Å²) in [6.07, 6.45) is 1.69. The molecule has 3 aromatic rings. The van der Waals surface area contributed by atoms with Crippen LogP contribution in [0.25, 0.3) is 11.5 Å². The van der Waals surface area contributed by atoms with Crippen molar-refractivity contribution in [2.75, 3.05) is 18.4 Å². The lowest BCUT2D eigenvalue weighted by molar-refractivity contribution is 0.102. The van der Waals surface area contributed by atoms with Crippen molar-refractivity contribution in [1.82, 2.24) is 14.5 Å². The Morgan fingerprint density at radius 3 is 2.52 bits per heavy atom. The van der Waals surface area contributed by atoms with Crippen molar-refractivity contribution in [1.29, 1.82) is 0 Å². The van der Waals surface area contributed by atoms with E-state index in [1.165, 1.54) is 28.6 Å². The van der Waals surface area contributed by atoms with Gasteiger partial charge in [-0.1, -0.05) is 43.0 Å². The van der Waals surface area contributed by atoms with Crippen molar-refractivity contribution in [2.45, 2.75) is 31.6 Å². The number of halogens is 1. The van der Waals surface area contributed by atoms with E-state index in [4.69, 9.17) is 16.0 Å². The van der Waals surface area contributed by atoms with Gasteiger partial charge in [-0.3, -0.25) is 10.1 Å². The van der Waals surface area contributed by atoms with Crippen molar-refractivity contribution in [3.8, 4) is 11.5 Å². The summed E-state index contributed by atoms with van der Waals surface area (Å²) in [5, 5.41) is 10.7. The molecule has 0 fully saturated rings. The molecule has 0 atom stereocenters. The van der Waals surface area contributed by atoms with Gasteiger partial charge in [0, 0.05) is 29.2 Å². The van der Waals surface area contributed by atoms with E-state index in [1.54, 1.807) is 31.2 Å². The normalized spacial score (nSPS) is 11.6. The highest BCUT2D eigenvalue weighted by molar-refractivity contribution is 7.89. The highest BCUT2D eigenvalue weighted by Crippen LogP contribution is 2.23. The number of anilines is 1. The molecule has 0 unspecified atom stereocenters. The molecule has 0 aliphatic carbocycles. The van der Waals surface area contributed by atoms with Crippen molar-refractivity contribution in [3.05, 3.63) is 59.1 Å². The number of nitrogens with zero attached hydrogens (tertiary/aromatic N) is 3. The standard InChI is InChI=1S/C21H23ClN4O4S/c1-3-5-13-26(4-2)31(28,29)18-11-9-15(10-12-18)19(27)23-21-25-24-20(30-21)16-7-6-8-17(22)14-16/h6-12,14H,3-5,13H2,1-2H3,(H,23,25,27). The first-order chi connectivity index (χ1) is 14.8. The van der Waals surface area contributed by atoms with Gasteiger partial charge in [0.1, 0.15) is 0 Å². The van der Waals surface area contributed by atoms with Gasteiger partial charge in [0.05, 0.1) is 4.90 Å². The van der Waals surface area contributed by atoms with Crippen molar-refractivity contribution in [3.63, 3.8) is 0 Å². The maximum Gasteiger partial charge on any atom is 0.322 e. The molecule has 0 saturated carbocycles. The highest BCUT2D eigenvalue weighted by Gasteiger charge is 2.23. The Balaban J connectivity index is 1.71. The third-order valence-corrected chi connectivity index (χ3v) is 6.81. The molecule has 1 amide bonds. The first kappa shape index (κ1) is 22.9. The molecular weight excluding hydrogens is 440 g/mol. The maximum absolute atomic E-state index is 12.8. The number of unbranched alkanes of at least 4 members (excludes halogenated alkanes) is 1. The molecule has 0 spiro atoms. The molecule has 1 N–H and O–H groups in total. The van der Waals surface area contributed by atoms with Crippen LogP contribution < -0.4 is 5.32 Å². The molecule has 0 aliphatic rings. The van der Waals surface area contributed by atoms with Crippen molar-refractivity contribution < 1.29 is 17.6 Å². The van der Waals surface area contributed by atoms with E-state index in [2.05, 4.69) is 15.5 Å². The first-order valence-electron chi connectivity index (χ1n) is 9.86. The Kier molecular flexibility index (Phi) is 7.42. The number of hydrogen-bond donors (Lipinski definition) is 1. The number of carbonyl (C=O) groups excluding carboxylic acids is 1. The topological polar surface area (TPSA) is 105 Å². The zero-order valence-electron chi connectivity index (χ0n) is 17.2. The largest absolute Gasteiger partial charge is 0.403 e. The Morgan fingerprint density at radius 2 is 1.87 bits per heavy atom. The minimum absolute atomic E-state index is 0.0756. The molecule has 31 heavy (non-hydrogen) atoms. The molecular formula is C21H23ClN4O4S. The Hall–Kier alpha value is -2.75. The number of aromatic nitrogens is 2. The molecule has 2 aromatic carbocycles. The monoisotopic (exact) mass is 462 g/mol. The van der Waals surface area contributed by atoms with Gasteiger partial charge in [0.25, 0.3) is 5.91 Å². The fourth-order valence-corrected chi connectivity index (χ4v) is 4.57. The Bertz CT molecular complexity index is 1150. The minimum Gasteiger partial charge on any atom is -0.403 e. The Labute approximate surface area is 186 Å². The number of benzene rings is 2. The van der Waals surface area contributed by atoms with Gasteiger partial charge in [0.2, 0.25) is 15.9 Å². The second-order valence-corrected chi connectivity index (χ2v) is 9.13. The van der Waals surface area contributed by atoms with Crippen LogP contribution in [0.5, 0.6) is 0 Å². The molecule has 0 bridgehead atoms. The van der Waals surface area contributed by atoms with Gasteiger partial charge in [0.15, 0.2) is 0 Å². The molecule has 164 valence electrons. The first-order valence-corrected chi connectivity index (χ1v) is 11.7. The van der Waals surface area contributed by atoms with Gasteiger partial charge in [-0.25, -0.2) is 8.42 Å². The van der Waals surface area contributed by atoms with Crippen molar-refractivity contribution >= 4 is 33.5 Å². The lowest BCUT2D eigenvalue weighted by Crippen LogP contribution is -2.31. The molecule has 0 saturated heterocycles. The fourth-order valence-electron chi connectivity index (χ4n) is 2.89. The minimum atomic E-state index is -3.61. The van der Waals surface area contributed by atoms with Crippen LogP contribution in [-0.2, 0) is 10.0 Å². The van der Waals surface area contributed by atoms with Gasteiger partial charge in [-0.2, -0.15) is 4.31 Å². The van der Waals surface area contributed by atoms with Gasteiger partial charge in [-0.15, -0.1) is 5.10 Å². The fraction of sp³-hybridized carbons (Fsp3) is 0.286. The summed E-state index contributed by atoms with van der Waals surface area (Å²) < 4.78 is 32.5. The van der Waals surface area contributed by atoms with Gasteiger partial charge in [-0.05, 0) is 48.9 Å². The van der Waals surface area contributed by atoms with Crippen LogP contribution in [0.3, 0.4) is 0 Å². The second kappa shape index (κ2) is 10.0. The summed E-state index contributed by atoms with van der Waals surface area (Å²) in [5.74, 6) is -0.283. The highest BCUT2D eigenvalue weighted by atomic mass is 35.5. The summed E-state index contributed by atoms with van der Waals surface area (Å²) >= 11 is 5.96. The molecule has 0 radical (unpaired) electrons. The third-order valence-electron chi connectivity index (χ3n) is 4.59. The van der Waals surface area contributed by atoms with E-state index in [-0.39, 0.29) is 22.4 Å². The number of amides is 1. The third kappa shape index (κ3) is 5.49. The zero-order chi connectivity index (χ0) is 22.4. The molecule has 8 nitrogen and oxygen atoms in total. The lowest BCUT2D eigenvalue weighted by atomic mass is 10.2. The maximum atomic E-state index is 12.8. The summed E-state index contributed by atoms with van der Waals surface area (Å²) in [6.45, 7) is 4.66. The van der Waals surface area contributed by atoms with Gasteiger partial charge >= 0.3 is 6.01 Å². The predicted molar refractivity (Wildman–Crippen MR) is 118 cm³/mol. The van der Waals surface area contributed by atoms with Crippen LogP contribution in [0.4, 0.5) is 6.01 Å². The van der Waals surface area contributed by atoms with Crippen LogP contribution >= 0.6 is 11.6 Å². The Morgan fingerprint density at radius 1 is 1.13 bits per heavy atom. The molecule has 0 aliphatic heterocycles. The smallest absolute Gasteiger partial charge is 0.322 e. The summed E-state index contributed by atoms with van der Waals surface area (Å²) in [4.78, 5) is 12.6. The van der Waals surface area contributed by atoms with E-state index in [1.807, 2.05) is 6.92 Å². The second-order valence-electron chi connectivity index (χ2n) is 6.75. The SMILES string of the molecule is CCCCN(CC)S(=O)(=O)c1ccc(C(=O)Nc2nnc(-c3cccc(Cl)c3)o2)cc1. The van der Waals surface area contributed by atoms with Crippen LogP contribution in [0, 0.1) is 0 Å². The van der Waals surface area contributed by atoms with Crippen LogP contribution in [-0.4, -0.2) is 41.9 Å². The summed E-state index contributed by atoms with van der Waals surface area (Å²) in [5.41, 5.74) is 0.886. The van der Waals surface area contributed by atoms with E-state index >= 15 is 0 Å². The molecule has 1 heterocycles. The van der Waals surface area contributed by atoms with E-state index < -0.39 is 15.9 Å². The number of rotatable bonds is 9. The number of hydrogen-bond acceptors (Lipinski definition) is 6. The van der Waals surface area contributed by atoms with Gasteiger partial charge < -0.3 is 4.42 Å².